The van der Waals surface area contributed by atoms with Crippen molar-refractivity contribution < 1.29 is 18.3 Å². The zero-order valence-corrected chi connectivity index (χ0v) is 21.8. The fourth-order valence-electron chi connectivity index (χ4n) is 5.64. The van der Waals surface area contributed by atoms with Crippen molar-refractivity contribution in [1.29, 1.82) is 0 Å². The van der Waals surface area contributed by atoms with Crippen molar-refractivity contribution in [3.63, 3.8) is 0 Å². The van der Waals surface area contributed by atoms with Crippen LogP contribution in [0.4, 0.5) is 8.78 Å². The average molecular weight is 519 g/mol. The molecule has 5 rings (SSSR count). The van der Waals surface area contributed by atoms with Crippen molar-refractivity contribution in [2.45, 2.75) is 89.2 Å². The first-order chi connectivity index (χ1) is 17.3. The number of aromatic nitrogens is 2. The van der Waals surface area contributed by atoms with Crippen molar-refractivity contribution in [3.8, 4) is 5.88 Å². The molecule has 1 aliphatic heterocycles. The molecule has 1 N–H and O–H groups in total. The van der Waals surface area contributed by atoms with Crippen LogP contribution in [0.1, 0.15) is 66.1 Å². The van der Waals surface area contributed by atoms with Crippen molar-refractivity contribution in [2.24, 2.45) is 5.92 Å². The number of carbonyl (C=O) groups is 1. The van der Waals surface area contributed by atoms with E-state index in [-0.39, 0.29) is 18.7 Å². The normalized spacial score (nSPS) is 24.4. The second-order valence-electron chi connectivity index (χ2n) is 10.7. The largest absolute Gasteiger partial charge is 0.474 e. The molecule has 2 fully saturated rings. The number of ether oxygens (including phenoxy) is 1. The quantitative estimate of drug-likeness (QED) is 0.547. The SMILES string of the molecule is Cc1ncc(CC(=O)N[C@H]2CC[C@H](CCN3CCc4ccc(OC5CC(F)(F)C5)nc4CC3)CC2)s1. The van der Waals surface area contributed by atoms with Crippen LogP contribution in [0.2, 0.25) is 0 Å². The molecule has 1 amide bonds. The molecule has 2 aromatic rings. The van der Waals surface area contributed by atoms with Crippen LogP contribution >= 0.6 is 11.3 Å². The number of amides is 1. The van der Waals surface area contributed by atoms with Crippen molar-refractivity contribution in [2.75, 3.05) is 19.6 Å². The molecule has 0 atom stereocenters. The number of hydrogen-bond acceptors (Lipinski definition) is 6. The summed E-state index contributed by atoms with van der Waals surface area (Å²) in [6, 6.07) is 4.19. The van der Waals surface area contributed by atoms with Crippen LogP contribution in [0.5, 0.6) is 5.88 Å². The van der Waals surface area contributed by atoms with Gasteiger partial charge in [-0.3, -0.25) is 4.79 Å². The predicted octanol–water partition coefficient (Wildman–Crippen LogP) is 4.73. The Labute approximate surface area is 215 Å². The summed E-state index contributed by atoms with van der Waals surface area (Å²) in [7, 11) is 0. The van der Waals surface area contributed by atoms with E-state index in [1.165, 1.54) is 24.8 Å². The Morgan fingerprint density at radius 2 is 1.97 bits per heavy atom. The molecule has 0 bridgehead atoms. The maximum absolute atomic E-state index is 13.1. The second kappa shape index (κ2) is 11.1. The van der Waals surface area contributed by atoms with E-state index in [0.29, 0.717) is 24.3 Å². The van der Waals surface area contributed by atoms with E-state index in [2.05, 4.69) is 26.3 Å². The Morgan fingerprint density at radius 1 is 1.19 bits per heavy atom. The lowest BCUT2D eigenvalue weighted by molar-refractivity contribution is -0.135. The van der Waals surface area contributed by atoms with Gasteiger partial charge in [0.25, 0.3) is 5.92 Å². The van der Waals surface area contributed by atoms with Gasteiger partial charge in [-0.15, -0.1) is 11.3 Å². The summed E-state index contributed by atoms with van der Waals surface area (Å²) >= 11 is 1.59. The topological polar surface area (TPSA) is 67.4 Å². The van der Waals surface area contributed by atoms with Crippen LogP contribution in [0, 0.1) is 12.8 Å². The van der Waals surface area contributed by atoms with E-state index < -0.39 is 12.0 Å². The van der Waals surface area contributed by atoms with Gasteiger partial charge in [-0.25, -0.2) is 18.7 Å². The molecule has 0 saturated heterocycles. The van der Waals surface area contributed by atoms with E-state index in [9.17, 15) is 13.6 Å². The van der Waals surface area contributed by atoms with E-state index in [0.717, 1.165) is 60.9 Å². The van der Waals surface area contributed by atoms with Gasteiger partial charge >= 0.3 is 0 Å². The number of fused-ring (bicyclic) bond motifs is 1. The Kier molecular flexibility index (Phi) is 7.86. The minimum atomic E-state index is -2.58. The lowest BCUT2D eigenvalue weighted by Crippen LogP contribution is -2.43. The highest BCUT2D eigenvalue weighted by molar-refractivity contribution is 7.11. The third-order valence-electron chi connectivity index (χ3n) is 7.81. The van der Waals surface area contributed by atoms with E-state index in [4.69, 9.17) is 4.74 Å². The average Bonchev–Trinajstić information content (AvgIpc) is 3.11. The lowest BCUT2D eigenvalue weighted by Gasteiger charge is -2.34. The van der Waals surface area contributed by atoms with Gasteiger partial charge in [0, 0.05) is 61.2 Å². The van der Waals surface area contributed by atoms with Crippen LogP contribution in [0.25, 0.3) is 0 Å². The van der Waals surface area contributed by atoms with Crippen molar-refractivity contribution in [3.05, 3.63) is 39.5 Å². The zero-order valence-electron chi connectivity index (χ0n) is 21.0. The Balaban J connectivity index is 1.01. The molecule has 2 aromatic heterocycles. The first kappa shape index (κ1) is 25.5. The van der Waals surface area contributed by atoms with Crippen molar-refractivity contribution in [1.82, 2.24) is 20.2 Å². The van der Waals surface area contributed by atoms with Crippen LogP contribution in [0.3, 0.4) is 0 Å². The number of thiazole rings is 1. The van der Waals surface area contributed by atoms with Gasteiger partial charge in [0.2, 0.25) is 11.8 Å². The first-order valence-corrected chi connectivity index (χ1v) is 14.1. The minimum absolute atomic E-state index is 0.110. The summed E-state index contributed by atoms with van der Waals surface area (Å²) < 4.78 is 31.9. The third kappa shape index (κ3) is 6.79. The van der Waals surface area contributed by atoms with E-state index >= 15 is 0 Å². The molecule has 2 aliphatic carbocycles. The molecule has 2 saturated carbocycles. The molecule has 3 aliphatic rings. The highest BCUT2D eigenvalue weighted by Gasteiger charge is 2.47. The van der Waals surface area contributed by atoms with Crippen LogP contribution in [-0.2, 0) is 24.1 Å². The molecule has 0 spiro atoms. The molecule has 0 unspecified atom stereocenters. The number of hydrogen-bond donors (Lipinski definition) is 1. The number of carbonyl (C=O) groups excluding carboxylic acids is 1. The van der Waals surface area contributed by atoms with Gasteiger partial charge in [-0.1, -0.05) is 6.07 Å². The minimum Gasteiger partial charge on any atom is -0.474 e. The first-order valence-electron chi connectivity index (χ1n) is 13.3. The summed E-state index contributed by atoms with van der Waals surface area (Å²) in [6.07, 6.45) is 8.87. The zero-order chi connectivity index (χ0) is 25.1. The number of nitrogens with zero attached hydrogens (tertiary/aromatic N) is 3. The molecule has 6 nitrogen and oxygen atoms in total. The Morgan fingerprint density at radius 3 is 2.69 bits per heavy atom. The molecule has 0 aromatic carbocycles. The van der Waals surface area contributed by atoms with Crippen LogP contribution < -0.4 is 10.1 Å². The fraction of sp³-hybridized carbons (Fsp3) is 0.667. The molecule has 196 valence electrons. The Bertz CT molecular complexity index is 1050. The molecule has 9 heteroatoms. The fourth-order valence-corrected chi connectivity index (χ4v) is 6.44. The van der Waals surface area contributed by atoms with Gasteiger partial charge in [0.15, 0.2) is 0 Å². The standard InChI is InChI=1S/C27H36F2N4O2S/c1-18-30-17-23(36-18)14-25(34)31-21-5-2-19(3-6-21)8-11-33-12-9-20-4-7-26(32-24(20)10-13-33)35-22-15-27(28,29)16-22/h4,7,17,19,21-22H,2-3,5-6,8-16H2,1H3,(H,31,34)/t19-,21-. The maximum Gasteiger partial charge on any atom is 0.255 e. The highest BCUT2D eigenvalue weighted by atomic mass is 32.1. The van der Waals surface area contributed by atoms with Gasteiger partial charge in [0.1, 0.15) is 6.10 Å². The monoisotopic (exact) mass is 518 g/mol. The maximum atomic E-state index is 13.1. The molecule has 3 heterocycles. The van der Waals surface area contributed by atoms with Gasteiger partial charge in [-0.05, 0) is 63.5 Å². The van der Waals surface area contributed by atoms with E-state index in [1.54, 1.807) is 17.5 Å². The number of halogens is 2. The lowest BCUT2D eigenvalue weighted by atomic mass is 9.84. The predicted molar refractivity (Wildman–Crippen MR) is 136 cm³/mol. The van der Waals surface area contributed by atoms with Gasteiger partial charge in [0.05, 0.1) is 11.4 Å². The molecule has 0 radical (unpaired) electrons. The second-order valence-corrected chi connectivity index (χ2v) is 12.0. The van der Waals surface area contributed by atoms with Crippen molar-refractivity contribution >= 4 is 17.2 Å². The summed E-state index contributed by atoms with van der Waals surface area (Å²) in [6.45, 7) is 5.03. The van der Waals surface area contributed by atoms with Gasteiger partial charge in [-0.2, -0.15) is 0 Å². The molecular formula is C27H36F2N4O2S. The number of alkyl halides is 2. The number of rotatable bonds is 8. The van der Waals surface area contributed by atoms with E-state index in [1.807, 2.05) is 13.0 Å². The summed E-state index contributed by atoms with van der Waals surface area (Å²) in [5, 5.41) is 4.22. The molecule has 36 heavy (non-hydrogen) atoms. The Hall–Kier alpha value is -2.13. The van der Waals surface area contributed by atoms with Gasteiger partial charge < -0.3 is 15.0 Å². The molecular weight excluding hydrogens is 482 g/mol. The number of pyridine rings is 1. The third-order valence-corrected chi connectivity index (χ3v) is 8.73. The summed E-state index contributed by atoms with van der Waals surface area (Å²) in [4.78, 5) is 24.8. The van der Waals surface area contributed by atoms with Crippen LogP contribution in [-0.4, -0.2) is 58.5 Å². The smallest absolute Gasteiger partial charge is 0.255 e. The summed E-state index contributed by atoms with van der Waals surface area (Å²) in [5.74, 6) is -1.27. The van der Waals surface area contributed by atoms with Crippen LogP contribution in [0.15, 0.2) is 18.3 Å². The summed E-state index contributed by atoms with van der Waals surface area (Å²) in [5.41, 5.74) is 2.29. The number of nitrogens with one attached hydrogen (secondary N) is 1. The highest BCUT2D eigenvalue weighted by Crippen LogP contribution is 2.39. The number of aryl methyl sites for hydroxylation is 1.